The molecule has 0 aromatic carbocycles. The zero-order chi connectivity index (χ0) is 13.8. The molecule has 0 radical (unpaired) electrons. The topological polar surface area (TPSA) is 45.2 Å². The van der Waals surface area contributed by atoms with Gasteiger partial charge in [0.1, 0.15) is 5.69 Å². The number of nitrogens with one attached hydrogen (secondary N) is 1. The van der Waals surface area contributed by atoms with Gasteiger partial charge in [-0.3, -0.25) is 4.79 Å². The Morgan fingerprint density at radius 2 is 2.42 bits per heavy atom. The normalized spacial score (nSPS) is 19.1. The molecule has 1 unspecified atom stereocenters. The minimum Gasteiger partial charge on any atom is -0.333 e. The number of hydrogen-bond acceptors (Lipinski definition) is 4. The van der Waals surface area contributed by atoms with E-state index >= 15 is 0 Å². The summed E-state index contributed by atoms with van der Waals surface area (Å²) in [5.74, 6) is 0.484. The Morgan fingerprint density at radius 3 is 2.95 bits per heavy atom. The number of nitrogens with zero attached hydrogens (tertiary/aromatic N) is 2. The van der Waals surface area contributed by atoms with Gasteiger partial charge in [0, 0.05) is 30.4 Å². The number of carbonyl (C=O) groups excluding carboxylic acids is 1. The van der Waals surface area contributed by atoms with E-state index in [0.717, 1.165) is 37.5 Å². The first-order valence-corrected chi connectivity index (χ1v) is 7.98. The molecule has 1 N–H and O–H groups in total. The zero-order valence-electron chi connectivity index (χ0n) is 12.0. The summed E-state index contributed by atoms with van der Waals surface area (Å²) in [4.78, 5) is 19.1. The van der Waals surface area contributed by atoms with Crippen LogP contribution in [0.5, 0.6) is 0 Å². The molecule has 1 amide bonds. The van der Waals surface area contributed by atoms with Crippen LogP contribution in [0.3, 0.4) is 0 Å². The van der Waals surface area contributed by atoms with E-state index in [0.29, 0.717) is 17.7 Å². The van der Waals surface area contributed by atoms with Crippen LogP contribution >= 0.6 is 11.3 Å². The van der Waals surface area contributed by atoms with Crippen molar-refractivity contribution in [2.45, 2.75) is 45.6 Å². The quantitative estimate of drug-likeness (QED) is 0.902. The highest BCUT2D eigenvalue weighted by molar-refractivity contribution is 7.09. The Kier molecular flexibility index (Phi) is 4.93. The molecule has 2 heterocycles. The van der Waals surface area contributed by atoms with E-state index in [-0.39, 0.29) is 5.91 Å². The summed E-state index contributed by atoms with van der Waals surface area (Å²) in [6.45, 7) is 9.07. The molecule has 106 valence electrons. The van der Waals surface area contributed by atoms with E-state index in [9.17, 15) is 4.79 Å². The van der Waals surface area contributed by atoms with Crippen LogP contribution in [0.1, 0.15) is 55.0 Å². The van der Waals surface area contributed by atoms with Gasteiger partial charge in [-0.2, -0.15) is 0 Å². The number of carbonyl (C=O) groups is 1. The molecule has 5 heteroatoms. The molecule has 1 aliphatic rings. The summed E-state index contributed by atoms with van der Waals surface area (Å²) in [7, 11) is 0. The Morgan fingerprint density at radius 1 is 1.63 bits per heavy atom. The number of amides is 1. The molecule has 1 aliphatic heterocycles. The SMILES string of the molecule is CCCN(C(=O)c1csc(C(C)C)n1)C1CCNC1. The van der Waals surface area contributed by atoms with Crippen LogP contribution in [0.15, 0.2) is 5.38 Å². The molecular weight excluding hydrogens is 258 g/mol. The van der Waals surface area contributed by atoms with Crippen molar-refractivity contribution >= 4 is 17.2 Å². The predicted molar refractivity (Wildman–Crippen MR) is 78.8 cm³/mol. The van der Waals surface area contributed by atoms with Gasteiger partial charge in [-0.1, -0.05) is 20.8 Å². The summed E-state index contributed by atoms with van der Waals surface area (Å²) in [5.41, 5.74) is 0.619. The highest BCUT2D eigenvalue weighted by Gasteiger charge is 2.28. The van der Waals surface area contributed by atoms with Gasteiger partial charge < -0.3 is 10.2 Å². The smallest absolute Gasteiger partial charge is 0.273 e. The summed E-state index contributed by atoms with van der Waals surface area (Å²) in [6.07, 6.45) is 2.04. The molecule has 0 spiro atoms. The summed E-state index contributed by atoms with van der Waals surface area (Å²) in [6, 6.07) is 0.330. The van der Waals surface area contributed by atoms with Crippen LogP contribution in [0.2, 0.25) is 0 Å². The highest BCUT2D eigenvalue weighted by atomic mass is 32.1. The summed E-state index contributed by atoms with van der Waals surface area (Å²) in [5, 5.41) is 6.28. The van der Waals surface area contributed by atoms with E-state index in [1.807, 2.05) is 10.3 Å². The first kappa shape index (κ1) is 14.5. The summed E-state index contributed by atoms with van der Waals surface area (Å²) >= 11 is 1.59. The molecular formula is C14H23N3OS. The summed E-state index contributed by atoms with van der Waals surface area (Å²) < 4.78 is 0. The maximum Gasteiger partial charge on any atom is 0.273 e. The second-order valence-corrected chi connectivity index (χ2v) is 6.26. The van der Waals surface area contributed by atoms with Gasteiger partial charge in [0.2, 0.25) is 0 Å². The lowest BCUT2D eigenvalue weighted by atomic mass is 10.2. The molecule has 1 saturated heterocycles. The average molecular weight is 281 g/mol. The average Bonchev–Trinajstić information content (AvgIpc) is 3.05. The molecule has 1 aromatic heterocycles. The monoisotopic (exact) mass is 281 g/mol. The molecule has 0 aliphatic carbocycles. The van der Waals surface area contributed by atoms with Crippen molar-refractivity contribution in [1.29, 1.82) is 0 Å². The van der Waals surface area contributed by atoms with Gasteiger partial charge in [-0.05, 0) is 19.4 Å². The van der Waals surface area contributed by atoms with Crippen LogP contribution in [-0.2, 0) is 0 Å². The van der Waals surface area contributed by atoms with Crippen LogP contribution in [0, 0.1) is 0 Å². The van der Waals surface area contributed by atoms with E-state index in [4.69, 9.17) is 0 Å². The molecule has 1 aromatic rings. The second kappa shape index (κ2) is 6.48. The van der Waals surface area contributed by atoms with Gasteiger partial charge in [0.25, 0.3) is 5.91 Å². The third-order valence-electron chi connectivity index (χ3n) is 3.44. The minimum atomic E-state index is 0.0960. The predicted octanol–water partition coefficient (Wildman–Crippen LogP) is 2.48. The number of hydrogen-bond donors (Lipinski definition) is 1. The van der Waals surface area contributed by atoms with E-state index in [2.05, 4.69) is 31.1 Å². The van der Waals surface area contributed by atoms with Crippen molar-refractivity contribution in [2.75, 3.05) is 19.6 Å². The first-order chi connectivity index (χ1) is 9.13. The maximum absolute atomic E-state index is 12.6. The van der Waals surface area contributed by atoms with E-state index in [1.165, 1.54) is 0 Å². The van der Waals surface area contributed by atoms with Gasteiger partial charge in [0.05, 0.1) is 5.01 Å². The fraction of sp³-hybridized carbons (Fsp3) is 0.714. The Labute approximate surface area is 119 Å². The third kappa shape index (κ3) is 3.34. The highest BCUT2D eigenvalue weighted by Crippen LogP contribution is 2.21. The van der Waals surface area contributed by atoms with Crippen molar-refractivity contribution < 1.29 is 4.79 Å². The van der Waals surface area contributed by atoms with Crippen molar-refractivity contribution in [3.8, 4) is 0 Å². The lowest BCUT2D eigenvalue weighted by Gasteiger charge is -2.27. The number of rotatable bonds is 5. The Hall–Kier alpha value is -0.940. The fourth-order valence-electron chi connectivity index (χ4n) is 2.39. The number of aromatic nitrogens is 1. The van der Waals surface area contributed by atoms with Crippen LogP contribution in [0.25, 0.3) is 0 Å². The molecule has 0 saturated carbocycles. The first-order valence-electron chi connectivity index (χ1n) is 7.10. The largest absolute Gasteiger partial charge is 0.333 e. The lowest BCUT2D eigenvalue weighted by Crippen LogP contribution is -2.42. The van der Waals surface area contributed by atoms with Crippen molar-refractivity contribution in [1.82, 2.24) is 15.2 Å². The van der Waals surface area contributed by atoms with E-state index < -0.39 is 0 Å². The fourth-order valence-corrected chi connectivity index (χ4v) is 3.20. The van der Waals surface area contributed by atoms with Crippen LogP contribution in [0.4, 0.5) is 0 Å². The number of thiazole rings is 1. The van der Waals surface area contributed by atoms with Crippen molar-refractivity contribution in [3.05, 3.63) is 16.1 Å². The molecule has 19 heavy (non-hydrogen) atoms. The van der Waals surface area contributed by atoms with Crippen LogP contribution in [-0.4, -0.2) is 41.5 Å². The van der Waals surface area contributed by atoms with Gasteiger partial charge in [0.15, 0.2) is 0 Å². The molecule has 1 fully saturated rings. The van der Waals surface area contributed by atoms with Crippen molar-refractivity contribution in [2.24, 2.45) is 0 Å². The Balaban J connectivity index is 2.13. The van der Waals surface area contributed by atoms with Crippen molar-refractivity contribution in [3.63, 3.8) is 0 Å². The lowest BCUT2D eigenvalue weighted by molar-refractivity contribution is 0.0687. The van der Waals surface area contributed by atoms with Gasteiger partial charge in [-0.25, -0.2) is 4.98 Å². The van der Waals surface area contributed by atoms with Crippen LogP contribution < -0.4 is 5.32 Å². The van der Waals surface area contributed by atoms with Gasteiger partial charge in [-0.15, -0.1) is 11.3 Å². The second-order valence-electron chi connectivity index (χ2n) is 5.37. The third-order valence-corrected chi connectivity index (χ3v) is 4.58. The minimum absolute atomic E-state index is 0.0960. The van der Waals surface area contributed by atoms with E-state index in [1.54, 1.807) is 11.3 Å². The maximum atomic E-state index is 12.6. The zero-order valence-corrected chi connectivity index (χ0v) is 12.8. The van der Waals surface area contributed by atoms with Gasteiger partial charge >= 0.3 is 0 Å². The molecule has 0 bridgehead atoms. The molecule has 2 rings (SSSR count). The Bertz CT molecular complexity index is 424. The molecule has 4 nitrogen and oxygen atoms in total. The standard InChI is InChI=1S/C14H23N3OS/c1-4-7-17(11-5-6-15-8-11)14(18)12-9-19-13(16-12)10(2)3/h9-11,15H,4-8H2,1-3H3. The molecule has 1 atom stereocenters.